The van der Waals surface area contributed by atoms with Crippen molar-refractivity contribution in [2.75, 3.05) is 23.7 Å². The van der Waals surface area contributed by atoms with Gasteiger partial charge in [0.15, 0.2) is 0 Å². The maximum absolute atomic E-state index is 11.8. The molecule has 0 radical (unpaired) electrons. The van der Waals surface area contributed by atoms with E-state index in [2.05, 4.69) is 4.90 Å². The first kappa shape index (κ1) is 18.5. The van der Waals surface area contributed by atoms with Crippen molar-refractivity contribution in [3.63, 3.8) is 0 Å². The van der Waals surface area contributed by atoms with Crippen LogP contribution in [0, 0.1) is 0 Å². The third-order valence-corrected chi connectivity index (χ3v) is 6.17. The fourth-order valence-corrected chi connectivity index (χ4v) is 4.47. The van der Waals surface area contributed by atoms with Gasteiger partial charge in [-0.3, -0.25) is 4.79 Å². The van der Waals surface area contributed by atoms with Crippen molar-refractivity contribution >= 4 is 51.1 Å². The molecule has 0 aliphatic carbocycles. The van der Waals surface area contributed by atoms with E-state index < -0.39 is 5.91 Å². The highest BCUT2D eigenvalue weighted by molar-refractivity contribution is 7.21. The van der Waals surface area contributed by atoms with Crippen LogP contribution in [-0.2, 0) is 0 Å². The molecule has 1 saturated heterocycles. The first-order valence-electron chi connectivity index (χ1n) is 9.29. The third-order valence-electron chi connectivity index (χ3n) is 5.06. The molecule has 28 heavy (non-hydrogen) atoms. The predicted octanol–water partition coefficient (Wildman–Crippen LogP) is 3.08. The summed E-state index contributed by atoms with van der Waals surface area (Å²) in [6.45, 7) is 1.73. The van der Waals surface area contributed by atoms with Crippen LogP contribution in [0.15, 0.2) is 36.4 Å². The van der Waals surface area contributed by atoms with Crippen molar-refractivity contribution in [1.82, 2.24) is 4.98 Å². The molecule has 1 aliphatic heterocycles. The largest absolute Gasteiger partial charge is 0.397 e. The van der Waals surface area contributed by atoms with Gasteiger partial charge in [0, 0.05) is 24.5 Å². The number of nitrogens with two attached hydrogens (primary N) is 3. The summed E-state index contributed by atoms with van der Waals surface area (Å²) in [5.41, 5.74) is 20.2. The van der Waals surface area contributed by atoms with E-state index in [-0.39, 0.29) is 6.04 Å². The van der Waals surface area contributed by atoms with Gasteiger partial charge in [-0.05, 0) is 30.0 Å². The fraction of sp³-hybridized carbons (Fsp3) is 0.238. The predicted molar refractivity (Wildman–Crippen MR) is 117 cm³/mol. The molecule has 1 amide bonds. The number of rotatable bonds is 4. The van der Waals surface area contributed by atoms with Crippen molar-refractivity contribution in [3.05, 3.63) is 52.4 Å². The van der Waals surface area contributed by atoms with Gasteiger partial charge in [-0.25, -0.2) is 4.98 Å². The van der Waals surface area contributed by atoms with E-state index in [1.807, 2.05) is 48.6 Å². The Morgan fingerprint density at radius 1 is 1.18 bits per heavy atom. The second kappa shape index (κ2) is 7.61. The summed E-state index contributed by atoms with van der Waals surface area (Å²) in [5.74, 6) is 0.355. The van der Waals surface area contributed by atoms with Gasteiger partial charge >= 0.3 is 0 Å². The van der Waals surface area contributed by atoms with E-state index in [9.17, 15) is 4.79 Å². The molecule has 7 heteroatoms. The number of piperidine rings is 1. The van der Waals surface area contributed by atoms with Crippen LogP contribution in [0.2, 0.25) is 0 Å². The standard InChI is InChI=1S/C21H23N5OS/c22-15-8-10-26(11-9-15)16-12-14(7-6-13-4-2-1-3-5-13)17-18(23)19(20(24)27)28-21(17)25-16/h1-7,12,15H,8-11,22-23H2,(H2,24,27)/b7-6+. The highest BCUT2D eigenvalue weighted by atomic mass is 32.1. The van der Waals surface area contributed by atoms with Gasteiger partial charge in [0.2, 0.25) is 0 Å². The first-order valence-corrected chi connectivity index (χ1v) is 10.1. The average Bonchev–Trinajstić information content (AvgIpc) is 3.04. The number of benzene rings is 1. The Labute approximate surface area is 167 Å². The zero-order chi connectivity index (χ0) is 19.7. The van der Waals surface area contributed by atoms with Gasteiger partial charge in [0.1, 0.15) is 15.5 Å². The molecule has 0 spiro atoms. The van der Waals surface area contributed by atoms with Gasteiger partial charge in [0.05, 0.1) is 5.69 Å². The quantitative estimate of drug-likeness (QED) is 0.631. The molecule has 3 aromatic rings. The maximum Gasteiger partial charge on any atom is 0.260 e. The number of pyridine rings is 1. The minimum Gasteiger partial charge on any atom is -0.397 e. The van der Waals surface area contributed by atoms with E-state index in [4.69, 9.17) is 22.2 Å². The zero-order valence-electron chi connectivity index (χ0n) is 15.5. The smallest absolute Gasteiger partial charge is 0.260 e. The zero-order valence-corrected chi connectivity index (χ0v) is 16.3. The van der Waals surface area contributed by atoms with E-state index in [1.54, 1.807) is 0 Å². The Morgan fingerprint density at radius 2 is 1.89 bits per heavy atom. The number of hydrogen-bond acceptors (Lipinski definition) is 6. The summed E-state index contributed by atoms with van der Waals surface area (Å²) >= 11 is 1.25. The molecule has 0 unspecified atom stereocenters. The lowest BCUT2D eigenvalue weighted by molar-refractivity contribution is 0.100. The molecule has 1 aliphatic rings. The van der Waals surface area contributed by atoms with Gasteiger partial charge in [-0.2, -0.15) is 0 Å². The Balaban J connectivity index is 1.82. The number of primary amides is 1. The van der Waals surface area contributed by atoms with Crippen LogP contribution in [0.1, 0.15) is 33.6 Å². The number of carbonyl (C=O) groups excluding carboxylic acids is 1. The van der Waals surface area contributed by atoms with Crippen molar-refractivity contribution in [2.24, 2.45) is 11.5 Å². The van der Waals surface area contributed by atoms with Gasteiger partial charge in [-0.1, -0.05) is 42.5 Å². The van der Waals surface area contributed by atoms with Crippen molar-refractivity contribution in [3.8, 4) is 0 Å². The topological polar surface area (TPSA) is 111 Å². The van der Waals surface area contributed by atoms with Crippen LogP contribution in [-0.4, -0.2) is 30.0 Å². The fourth-order valence-electron chi connectivity index (χ4n) is 3.49. The molecule has 1 aromatic carbocycles. The number of carbonyl (C=O) groups is 1. The van der Waals surface area contributed by atoms with Crippen LogP contribution in [0.5, 0.6) is 0 Å². The Hall–Kier alpha value is -2.90. The average molecular weight is 394 g/mol. The summed E-state index contributed by atoms with van der Waals surface area (Å²) in [6.07, 6.45) is 5.93. The molecule has 0 saturated carbocycles. The van der Waals surface area contributed by atoms with Gasteiger partial charge < -0.3 is 22.1 Å². The number of nitrogen functional groups attached to an aromatic ring is 1. The monoisotopic (exact) mass is 393 g/mol. The molecule has 0 atom stereocenters. The van der Waals surface area contributed by atoms with Gasteiger partial charge in [0.25, 0.3) is 5.91 Å². The number of thiophene rings is 1. The lowest BCUT2D eigenvalue weighted by atomic mass is 10.0. The number of amides is 1. The summed E-state index contributed by atoms with van der Waals surface area (Å²) in [5, 5.41) is 0.781. The summed E-state index contributed by atoms with van der Waals surface area (Å²) in [6, 6.07) is 12.3. The highest BCUT2D eigenvalue weighted by Gasteiger charge is 2.22. The van der Waals surface area contributed by atoms with E-state index in [0.717, 1.165) is 53.1 Å². The number of hydrogen-bond donors (Lipinski definition) is 3. The first-order chi connectivity index (χ1) is 13.5. The lowest BCUT2D eigenvalue weighted by Crippen LogP contribution is -2.40. The van der Waals surface area contributed by atoms with Crippen LogP contribution in [0.25, 0.3) is 22.4 Å². The highest BCUT2D eigenvalue weighted by Crippen LogP contribution is 2.37. The summed E-state index contributed by atoms with van der Waals surface area (Å²) in [4.78, 5) is 19.9. The molecule has 2 aromatic heterocycles. The lowest BCUT2D eigenvalue weighted by Gasteiger charge is -2.31. The Bertz CT molecular complexity index is 1040. The van der Waals surface area contributed by atoms with Crippen molar-refractivity contribution in [1.29, 1.82) is 0 Å². The van der Waals surface area contributed by atoms with Crippen molar-refractivity contribution < 1.29 is 4.79 Å². The molecule has 4 rings (SSSR count). The normalized spacial score (nSPS) is 15.5. The van der Waals surface area contributed by atoms with Gasteiger partial charge in [-0.15, -0.1) is 11.3 Å². The second-order valence-corrected chi connectivity index (χ2v) is 8.03. The number of anilines is 2. The number of fused-ring (bicyclic) bond motifs is 1. The molecule has 0 bridgehead atoms. The molecule has 144 valence electrons. The second-order valence-electron chi connectivity index (χ2n) is 7.03. The van der Waals surface area contributed by atoms with Crippen LogP contribution in [0.4, 0.5) is 11.5 Å². The van der Waals surface area contributed by atoms with E-state index in [1.165, 1.54) is 11.3 Å². The van der Waals surface area contributed by atoms with Crippen molar-refractivity contribution in [2.45, 2.75) is 18.9 Å². The molecular formula is C21H23N5OS. The molecular weight excluding hydrogens is 370 g/mol. The SMILES string of the molecule is NC(=O)c1sc2nc(N3CCC(N)CC3)cc(/C=C/c3ccccc3)c2c1N. The minimum atomic E-state index is -0.524. The molecule has 6 N–H and O–H groups in total. The van der Waals surface area contributed by atoms with Crippen LogP contribution >= 0.6 is 11.3 Å². The van der Waals surface area contributed by atoms with Crippen LogP contribution < -0.4 is 22.1 Å². The number of nitrogens with zero attached hydrogens (tertiary/aromatic N) is 2. The van der Waals surface area contributed by atoms with Crippen LogP contribution in [0.3, 0.4) is 0 Å². The number of aromatic nitrogens is 1. The maximum atomic E-state index is 11.8. The third kappa shape index (κ3) is 3.58. The summed E-state index contributed by atoms with van der Waals surface area (Å²) in [7, 11) is 0. The van der Waals surface area contributed by atoms with E-state index in [0.29, 0.717) is 10.6 Å². The molecule has 6 nitrogen and oxygen atoms in total. The van der Waals surface area contributed by atoms with E-state index >= 15 is 0 Å². The molecule has 1 fully saturated rings. The summed E-state index contributed by atoms with van der Waals surface area (Å²) < 4.78 is 0. The Kier molecular flexibility index (Phi) is 5.02. The Morgan fingerprint density at radius 3 is 2.57 bits per heavy atom. The minimum absolute atomic E-state index is 0.247. The molecule has 3 heterocycles.